The molecule has 28 heavy (non-hydrogen) atoms. The number of aryl methyl sites for hydroxylation is 2. The van der Waals surface area contributed by atoms with E-state index in [9.17, 15) is 4.79 Å². The number of amides is 1. The topological polar surface area (TPSA) is 51.7 Å². The lowest BCUT2D eigenvalue weighted by atomic mass is 10.1. The van der Waals surface area contributed by atoms with Gasteiger partial charge in [0, 0.05) is 25.5 Å². The number of thiazole rings is 1. The Morgan fingerprint density at radius 3 is 2.68 bits per heavy atom. The molecule has 0 saturated carbocycles. The second-order valence-electron chi connectivity index (χ2n) is 7.63. The number of hydrogen-bond acceptors (Lipinski definition) is 5. The lowest BCUT2D eigenvalue weighted by Gasteiger charge is -2.22. The Bertz CT molecular complexity index is 786. The van der Waals surface area contributed by atoms with Crippen molar-refractivity contribution in [3.63, 3.8) is 0 Å². The molecule has 0 aliphatic heterocycles. The van der Waals surface area contributed by atoms with Crippen LogP contribution in [-0.4, -0.2) is 36.1 Å². The molecule has 2 rings (SSSR count). The summed E-state index contributed by atoms with van der Waals surface area (Å²) in [5.41, 5.74) is 4.48. The molecule has 0 aliphatic rings. The molecule has 0 aliphatic carbocycles. The number of rotatable bonds is 10. The van der Waals surface area contributed by atoms with Gasteiger partial charge in [0.1, 0.15) is 17.4 Å². The third-order valence-electron chi connectivity index (χ3n) is 4.57. The predicted octanol–water partition coefficient (Wildman–Crippen LogP) is 4.67. The maximum absolute atomic E-state index is 12.5. The average molecular weight is 405 g/mol. The minimum Gasteiger partial charge on any atom is -0.486 e. The largest absolute Gasteiger partial charge is 0.486 e. The van der Waals surface area contributed by atoms with E-state index < -0.39 is 0 Å². The fourth-order valence-electron chi connectivity index (χ4n) is 2.95. The smallest absolute Gasteiger partial charge is 0.223 e. The van der Waals surface area contributed by atoms with Crippen molar-refractivity contribution in [2.75, 3.05) is 20.3 Å². The van der Waals surface area contributed by atoms with Gasteiger partial charge in [-0.3, -0.25) is 4.79 Å². The molecule has 0 bridgehead atoms. The van der Waals surface area contributed by atoms with Gasteiger partial charge in [-0.15, -0.1) is 11.3 Å². The Labute approximate surface area is 172 Å². The average Bonchev–Trinajstić information content (AvgIpc) is 3.07. The Balaban J connectivity index is 2.00. The van der Waals surface area contributed by atoms with E-state index in [1.807, 2.05) is 10.3 Å². The number of nitrogens with zero attached hydrogens (tertiary/aromatic N) is 2. The van der Waals surface area contributed by atoms with Crippen LogP contribution in [0.2, 0.25) is 0 Å². The lowest BCUT2D eigenvalue weighted by molar-refractivity contribution is -0.133. The van der Waals surface area contributed by atoms with Gasteiger partial charge >= 0.3 is 0 Å². The standard InChI is InChI=1S/C22H32N2O3S/c1-15(2)9-22(25)24(7-8-26-6)12-19-14-28-21(23-19)13-27-20-11-16(3)10-17(4)18(20)5/h10-11,14-15H,7-9,12-13H2,1-6H3. The quantitative estimate of drug-likeness (QED) is 0.577. The van der Waals surface area contributed by atoms with E-state index in [1.54, 1.807) is 18.4 Å². The monoisotopic (exact) mass is 404 g/mol. The first-order chi connectivity index (χ1) is 13.3. The number of methoxy groups -OCH3 is 1. The van der Waals surface area contributed by atoms with Crippen LogP contribution in [0.25, 0.3) is 0 Å². The molecule has 0 saturated heterocycles. The maximum Gasteiger partial charge on any atom is 0.223 e. The normalized spacial score (nSPS) is 11.1. The molecule has 0 N–H and O–H groups in total. The summed E-state index contributed by atoms with van der Waals surface area (Å²) >= 11 is 1.57. The van der Waals surface area contributed by atoms with Crippen molar-refractivity contribution in [1.29, 1.82) is 0 Å². The minimum atomic E-state index is 0.142. The molecule has 1 heterocycles. The Kier molecular flexibility index (Phi) is 8.45. The highest BCUT2D eigenvalue weighted by Crippen LogP contribution is 2.25. The molecule has 2 aromatic rings. The van der Waals surface area contributed by atoms with Gasteiger partial charge in [0.05, 0.1) is 18.8 Å². The third-order valence-corrected chi connectivity index (χ3v) is 5.44. The van der Waals surface area contributed by atoms with Crippen molar-refractivity contribution in [2.24, 2.45) is 5.92 Å². The van der Waals surface area contributed by atoms with Gasteiger partial charge in [-0.05, 0) is 49.4 Å². The minimum absolute atomic E-state index is 0.142. The number of carbonyl (C=O) groups excluding carboxylic acids is 1. The van der Waals surface area contributed by atoms with Crippen molar-refractivity contribution in [3.8, 4) is 5.75 Å². The van der Waals surface area contributed by atoms with E-state index in [0.717, 1.165) is 22.0 Å². The lowest BCUT2D eigenvalue weighted by Crippen LogP contribution is -2.34. The van der Waals surface area contributed by atoms with Crippen LogP contribution < -0.4 is 4.74 Å². The summed E-state index contributed by atoms with van der Waals surface area (Å²) < 4.78 is 11.2. The molecule has 0 unspecified atom stereocenters. The summed E-state index contributed by atoms with van der Waals surface area (Å²) in [5, 5.41) is 2.92. The fraction of sp³-hybridized carbons (Fsp3) is 0.545. The first-order valence-corrected chi connectivity index (χ1v) is 10.6. The summed E-state index contributed by atoms with van der Waals surface area (Å²) in [6, 6.07) is 4.22. The van der Waals surface area contributed by atoms with Gasteiger partial charge in [0.25, 0.3) is 0 Å². The van der Waals surface area contributed by atoms with Gasteiger partial charge in [0.15, 0.2) is 0 Å². The molecule has 6 heteroatoms. The molecule has 1 amide bonds. The van der Waals surface area contributed by atoms with Gasteiger partial charge in [-0.25, -0.2) is 4.98 Å². The summed E-state index contributed by atoms with van der Waals surface area (Å²) in [6.07, 6.45) is 0.538. The van der Waals surface area contributed by atoms with Gasteiger partial charge < -0.3 is 14.4 Å². The zero-order valence-electron chi connectivity index (χ0n) is 17.9. The first-order valence-electron chi connectivity index (χ1n) is 9.70. The van der Waals surface area contributed by atoms with Crippen molar-refractivity contribution < 1.29 is 14.3 Å². The van der Waals surface area contributed by atoms with E-state index >= 15 is 0 Å². The van der Waals surface area contributed by atoms with Crippen LogP contribution in [-0.2, 0) is 22.7 Å². The zero-order chi connectivity index (χ0) is 20.7. The number of ether oxygens (including phenoxy) is 2. The molecule has 1 aromatic heterocycles. The second kappa shape index (κ2) is 10.6. The van der Waals surface area contributed by atoms with Gasteiger partial charge in [0.2, 0.25) is 5.91 Å². The SMILES string of the molecule is COCCN(Cc1csc(COc2cc(C)cc(C)c2C)n1)C(=O)CC(C)C. The highest BCUT2D eigenvalue weighted by atomic mass is 32.1. The molecule has 5 nitrogen and oxygen atoms in total. The van der Waals surface area contributed by atoms with Crippen LogP contribution in [0.5, 0.6) is 5.75 Å². The second-order valence-corrected chi connectivity index (χ2v) is 8.57. The highest BCUT2D eigenvalue weighted by molar-refractivity contribution is 7.09. The fourth-order valence-corrected chi connectivity index (χ4v) is 3.64. The van der Waals surface area contributed by atoms with Crippen molar-refractivity contribution in [1.82, 2.24) is 9.88 Å². The number of aromatic nitrogens is 1. The Morgan fingerprint density at radius 2 is 2.00 bits per heavy atom. The van der Waals surface area contributed by atoms with Gasteiger partial charge in [-0.2, -0.15) is 0 Å². The van der Waals surface area contributed by atoms with Crippen LogP contribution in [0.4, 0.5) is 0 Å². The van der Waals surface area contributed by atoms with Crippen LogP contribution >= 0.6 is 11.3 Å². The molecule has 154 valence electrons. The maximum atomic E-state index is 12.5. The third kappa shape index (κ3) is 6.60. The Morgan fingerprint density at radius 1 is 1.25 bits per heavy atom. The van der Waals surface area contributed by atoms with E-state index in [0.29, 0.717) is 38.6 Å². The van der Waals surface area contributed by atoms with Crippen molar-refractivity contribution in [2.45, 2.75) is 54.2 Å². The summed E-state index contributed by atoms with van der Waals surface area (Å²) in [5.74, 6) is 1.38. The van der Waals surface area contributed by atoms with E-state index in [1.165, 1.54) is 11.1 Å². The van der Waals surface area contributed by atoms with E-state index in [-0.39, 0.29) is 5.91 Å². The molecule has 0 radical (unpaired) electrons. The zero-order valence-corrected chi connectivity index (χ0v) is 18.7. The highest BCUT2D eigenvalue weighted by Gasteiger charge is 2.17. The molecule has 0 spiro atoms. The predicted molar refractivity (Wildman–Crippen MR) is 114 cm³/mol. The number of carbonyl (C=O) groups is 1. The first kappa shape index (κ1) is 22.4. The molecule has 1 aromatic carbocycles. The summed E-state index contributed by atoms with van der Waals surface area (Å²) in [4.78, 5) is 19.0. The number of hydrogen-bond donors (Lipinski definition) is 0. The van der Waals surface area contributed by atoms with E-state index in [2.05, 4.69) is 51.7 Å². The van der Waals surface area contributed by atoms with E-state index in [4.69, 9.17) is 9.47 Å². The van der Waals surface area contributed by atoms with Gasteiger partial charge in [-0.1, -0.05) is 19.9 Å². The molecular weight excluding hydrogens is 372 g/mol. The number of benzene rings is 1. The molecule has 0 atom stereocenters. The van der Waals surface area contributed by atoms with Crippen LogP contribution in [0.15, 0.2) is 17.5 Å². The van der Waals surface area contributed by atoms with Crippen molar-refractivity contribution >= 4 is 17.2 Å². The van der Waals surface area contributed by atoms with Crippen LogP contribution in [0.1, 0.15) is 47.7 Å². The molecular formula is C22H32N2O3S. The van der Waals surface area contributed by atoms with Crippen LogP contribution in [0.3, 0.4) is 0 Å². The molecule has 0 fully saturated rings. The summed E-state index contributed by atoms with van der Waals surface area (Å²) in [6.45, 7) is 12.4. The van der Waals surface area contributed by atoms with Crippen molar-refractivity contribution in [3.05, 3.63) is 44.9 Å². The summed E-state index contributed by atoms with van der Waals surface area (Å²) in [7, 11) is 1.65. The van der Waals surface area contributed by atoms with Crippen LogP contribution in [0, 0.1) is 26.7 Å². The Hall–Kier alpha value is -1.92.